The summed E-state index contributed by atoms with van der Waals surface area (Å²) in [7, 11) is 0. The molecule has 2 unspecified atom stereocenters. The summed E-state index contributed by atoms with van der Waals surface area (Å²) < 4.78 is 0. The van der Waals surface area contributed by atoms with Gasteiger partial charge in [0, 0.05) is 19.0 Å². The highest BCUT2D eigenvalue weighted by molar-refractivity contribution is 5.90. The average molecular weight is 294 g/mol. The summed E-state index contributed by atoms with van der Waals surface area (Å²) >= 11 is 0. The van der Waals surface area contributed by atoms with Gasteiger partial charge in [0.15, 0.2) is 0 Å². The first kappa shape index (κ1) is 16.3. The standard InChI is InChI=1S/C17H30N2O2/c1-3-8-14-17(21)19(12-11-16(20)18-14)15(4-2)13-9-6-5-7-10-13/h13-15H,3-12H2,1-2H3,(H,18,20). The first-order valence-electron chi connectivity index (χ1n) is 8.77. The van der Waals surface area contributed by atoms with Gasteiger partial charge in [-0.2, -0.15) is 0 Å². The highest BCUT2D eigenvalue weighted by atomic mass is 16.2. The number of carbonyl (C=O) groups is 2. The molecular weight excluding hydrogens is 264 g/mol. The maximum Gasteiger partial charge on any atom is 0.245 e. The van der Waals surface area contributed by atoms with Crippen LogP contribution in [-0.4, -0.2) is 35.3 Å². The van der Waals surface area contributed by atoms with Gasteiger partial charge in [0.05, 0.1) is 0 Å². The Hall–Kier alpha value is -1.06. The molecule has 120 valence electrons. The molecule has 2 amide bonds. The van der Waals surface area contributed by atoms with E-state index in [1.807, 2.05) is 4.90 Å². The Morgan fingerprint density at radius 1 is 1.19 bits per heavy atom. The Balaban J connectivity index is 2.13. The molecule has 0 aromatic rings. The molecule has 1 N–H and O–H groups in total. The van der Waals surface area contributed by atoms with E-state index in [9.17, 15) is 9.59 Å². The summed E-state index contributed by atoms with van der Waals surface area (Å²) in [6, 6.07) is 0.0208. The molecule has 0 aromatic heterocycles. The smallest absolute Gasteiger partial charge is 0.245 e. The molecule has 1 heterocycles. The van der Waals surface area contributed by atoms with Gasteiger partial charge in [-0.3, -0.25) is 9.59 Å². The van der Waals surface area contributed by atoms with Crippen LogP contribution in [0.1, 0.15) is 71.6 Å². The number of nitrogens with one attached hydrogen (secondary N) is 1. The molecule has 4 heteroatoms. The van der Waals surface area contributed by atoms with Crippen LogP contribution in [-0.2, 0) is 9.59 Å². The maximum atomic E-state index is 12.8. The molecule has 2 aliphatic rings. The van der Waals surface area contributed by atoms with Gasteiger partial charge in [-0.25, -0.2) is 0 Å². The van der Waals surface area contributed by atoms with E-state index < -0.39 is 0 Å². The highest BCUT2D eigenvalue weighted by Crippen LogP contribution is 2.31. The molecule has 0 radical (unpaired) electrons. The van der Waals surface area contributed by atoms with E-state index in [0.29, 0.717) is 24.9 Å². The number of hydrogen-bond acceptors (Lipinski definition) is 2. The molecule has 4 nitrogen and oxygen atoms in total. The third-order valence-electron chi connectivity index (χ3n) is 5.09. The van der Waals surface area contributed by atoms with E-state index in [4.69, 9.17) is 0 Å². The Kier molecular flexibility index (Phi) is 6.07. The molecule has 0 spiro atoms. The van der Waals surface area contributed by atoms with Crippen molar-refractivity contribution in [3.05, 3.63) is 0 Å². The zero-order valence-corrected chi connectivity index (χ0v) is 13.6. The van der Waals surface area contributed by atoms with E-state index in [-0.39, 0.29) is 17.9 Å². The van der Waals surface area contributed by atoms with Crippen molar-refractivity contribution in [2.24, 2.45) is 5.92 Å². The van der Waals surface area contributed by atoms with Gasteiger partial charge in [-0.05, 0) is 31.6 Å². The van der Waals surface area contributed by atoms with Gasteiger partial charge in [0.25, 0.3) is 0 Å². The summed E-state index contributed by atoms with van der Waals surface area (Å²) in [5, 5.41) is 2.91. The lowest BCUT2D eigenvalue weighted by atomic mass is 9.82. The number of nitrogens with zero attached hydrogens (tertiary/aromatic N) is 1. The molecular formula is C17H30N2O2. The second-order valence-corrected chi connectivity index (χ2v) is 6.56. The van der Waals surface area contributed by atoms with Gasteiger partial charge in [-0.15, -0.1) is 0 Å². The van der Waals surface area contributed by atoms with Crippen LogP contribution < -0.4 is 5.32 Å². The van der Waals surface area contributed by atoms with Crippen LogP contribution in [0.4, 0.5) is 0 Å². The van der Waals surface area contributed by atoms with Gasteiger partial charge in [-0.1, -0.05) is 39.5 Å². The number of carbonyl (C=O) groups excluding carboxylic acids is 2. The van der Waals surface area contributed by atoms with Crippen LogP contribution in [0.15, 0.2) is 0 Å². The van der Waals surface area contributed by atoms with E-state index in [1.54, 1.807) is 0 Å². The largest absolute Gasteiger partial charge is 0.344 e. The van der Waals surface area contributed by atoms with Crippen molar-refractivity contribution in [1.29, 1.82) is 0 Å². The first-order chi connectivity index (χ1) is 10.2. The van der Waals surface area contributed by atoms with Crippen molar-refractivity contribution in [3.8, 4) is 0 Å². The minimum Gasteiger partial charge on any atom is -0.344 e. The lowest BCUT2D eigenvalue weighted by molar-refractivity contribution is -0.137. The molecule has 1 aliphatic heterocycles. The highest BCUT2D eigenvalue weighted by Gasteiger charge is 2.36. The normalized spacial score (nSPS) is 26.4. The number of rotatable bonds is 5. The van der Waals surface area contributed by atoms with Gasteiger partial charge in [0.2, 0.25) is 11.8 Å². The molecule has 1 aliphatic carbocycles. The lowest BCUT2D eigenvalue weighted by Gasteiger charge is -2.38. The van der Waals surface area contributed by atoms with E-state index in [1.165, 1.54) is 32.1 Å². The third-order valence-corrected chi connectivity index (χ3v) is 5.09. The summed E-state index contributed by atoms with van der Waals surface area (Å²) in [6.07, 6.45) is 9.52. The summed E-state index contributed by atoms with van der Waals surface area (Å²) in [5.74, 6) is 0.811. The predicted octanol–water partition coefficient (Wildman–Crippen LogP) is 2.86. The Morgan fingerprint density at radius 2 is 1.90 bits per heavy atom. The van der Waals surface area contributed by atoms with Crippen molar-refractivity contribution in [2.75, 3.05) is 6.54 Å². The molecule has 2 fully saturated rings. The fraction of sp³-hybridized carbons (Fsp3) is 0.882. The summed E-state index contributed by atoms with van der Waals surface area (Å²) in [6.45, 7) is 4.84. The molecule has 1 saturated heterocycles. The first-order valence-corrected chi connectivity index (χ1v) is 8.77. The quantitative estimate of drug-likeness (QED) is 0.847. The zero-order chi connectivity index (χ0) is 15.2. The van der Waals surface area contributed by atoms with Crippen LogP contribution in [0.25, 0.3) is 0 Å². The van der Waals surface area contributed by atoms with Gasteiger partial charge < -0.3 is 10.2 Å². The van der Waals surface area contributed by atoms with Crippen LogP contribution >= 0.6 is 0 Å². The van der Waals surface area contributed by atoms with Crippen molar-refractivity contribution < 1.29 is 9.59 Å². The third kappa shape index (κ3) is 3.98. The van der Waals surface area contributed by atoms with Crippen LogP contribution in [0, 0.1) is 5.92 Å². The zero-order valence-electron chi connectivity index (χ0n) is 13.6. The molecule has 21 heavy (non-hydrogen) atoms. The van der Waals surface area contributed by atoms with E-state index >= 15 is 0 Å². The fourth-order valence-corrected chi connectivity index (χ4v) is 4.00. The van der Waals surface area contributed by atoms with Crippen molar-refractivity contribution in [2.45, 2.75) is 83.7 Å². The SMILES string of the molecule is CCCC1NC(=O)CCN(C(CC)C2CCCCC2)C1=O. The molecule has 0 bridgehead atoms. The van der Waals surface area contributed by atoms with Crippen molar-refractivity contribution in [3.63, 3.8) is 0 Å². The predicted molar refractivity (Wildman–Crippen MR) is 83.8 cm³/mol. The monoisotopic (exact) mass is 294 g/mol. The Labute approximate surface area is 128 Å². The maximum absolute atomic E-state index is 12.8. The van der Waals surface area contributed by atoms with Gasteiger partial charge >= 0.3 is 0 Å². The van der Waals surface area contributed by atoms with Crippen LogP contribution in [0.5, 0.6) is 0 Å². The van der Waals surface area contributed by atoms with Gasteiger partial charge in [0.1, 0.15) is 6.04 Å². The minimum atomic E-state index is -0.303. The second-order valence-electron chi connectivity index (χ2n) is 6.56. The number of hydrogen-bond donors (Lipinski definition) is 1. The number of amides is 2. The summed E-state index contributed by atoms with van der Waals surface area (Å²) in [5.41, 5.74) is 0. The molecule has 0 aromatic carbocycles. The van der Waals surface area contributed by atoms with Crippen LogP contribution in [0.3, 0.4) is 0 Å². The summed E-state index contributed by atoms with van der Waals surface area (Å²) in [4.78, 5) is 26.7. The van der Waals surface area contributed by atoms with E-state index in [0.717, 1.165) is 19.3 Å². The average Bonchev–Trinajstić information content (AvgIpc) is 2.63. The molecule has 1 saturated carbocycles. The molecule has 2 rings (SSSR count). The second kappa shape index (κ2) is 7.81. The van der Waals surface area contributed by atoms with Crippen LogP contribution in [0.2, 0.25) is 0 Å². The molecule has 2 atom stereocenters. The lowest BCUT2D eigenvalue weighted by Crippen LogP contribution is -2.50. The van der Waals surface area contributed by atoms with Crippen molar-refractivity contribution >= 4 is 11.8 Å². The Morgan fingerprint density at radius 3 is 2.52 bits per heavy atom. The minimum absolute atomic E-state index is 0.0304. The Bertz CT molecular complexity index is 364. The van der Waals surface area contributed by atoms with Crippen molar-refractivity contribution in [1.82, 2.24) is 10.2 Å². The topological polar surface area (TPSA) is 49.4 Å². The fourth-order valence-electron chi connectivity index (χ4n) is 4.00. The van der Waals surface area contributed by atoms with E-state index in [2.05, 4.69) is 19.2 Å².